The van der Waals surface area contributed by atoms with Crippen LogP contribution in [0.25, 0.3) is 0 Å². The third kappa shape index (κ3) is 6.10. The number of carboxylic acids is 1. The van der Waals surface area contributed by atoms with E-state index in [9.17, 15) is 4.79 Å². The fourth-order valence-corrected chi connectivity index (χ4v) is 1.35. The van der Waals surface area contributed by atoms with Crippen LogP contribution in [0.4, 0.5) is 0 Å². The molecule has 0 saturated heterocycles. The normalized spacial score (nSPS) is 14.1. The van der Waals surface area contributed by atoms with E-state index < -0.39 is 11.9 Å². The zero-order chi connectivity index (χ0) is 11.9. The van der Waals surface area contributed by atoms with Crippen LogP contribution in [0.1, 0.15) is 40.0 Å². The van der Waals surface area contributed by atoms with Gasteiger partial charge in [0, 0.05) is 0 Å². The summed E-state index contributed by atoms with van der Waals surface area (Å²) >= 11 is 0. The summed E-state index contributed by atoms with van der Waals surface area (Å²) in [5.74, 6) is -1.15. The highest BCUT2D eigenvalue weighted by Crippen LogP contribution is 2.27. The second-order valence-electron chi connectivity index (χ2n) is 4.83. The van der Waals surface area contributed by atoms with Gasteiger partial charge in [-0.15, -0.1) is 6.58 Å². The Balaban J connectivity index is 4.18. The maximum atomic E-state index is 11.0. The van der Waals surface area contributed by atoms with Crippen molar-refractivity contribution in [3.05, 3.63) is 24.8 Å². The van der Waals surface area contributed by atoms with Gasteiger partial charge in [-0.2, -0.15) is 0 Å². The van der Waals surface area contributed by atoms with Gasteiger partial charge in [-0.25, -0.2) is 0 Å². The first kappa shape index (κ1) is 13.9. The van der Waals surface area contributed by atoms with Crippen LogP contribution in [0.3, 0.4) is 0 Å². The lowest BCUT2D eigenvalue weighted by atomic mass is 9.80. The van der Waals surface area contributed by atoms with Crippen molar-refractivity contribution in [2.75, 3.05) is 0 Å². The lowest BCUT2D eigenvalue weighted by Gasteiger charge is -2.24. The molecule has 0 saturated carbocycles. The second-order valence-corrected chi connectivity index (χ2v) is 4.83. The molecule has 0 aliphatic carbocycles. The van der Waals surface area contributed by atoms with Crippen LogP contribution in [-0.2, 0) is 4.79 Å². The predicted molar refractivity (Wildman–Crippen MR) is 63.8 cm³/mol. The van der Waals surface area contributed by atoms with Gasteiger partial charge < -0.3 is 5.11 Å². The molecule has 0 fully saturated rings. The molecule has 0 aliphatic heterocycles. The third-order valence-electron chi connectivity index (χ3n) is 2.31. The lowest BCUT2D eigenvalue weighted by Crippen LogP contribution is -2.26. The number of allylic oxidation sites excluding steroid dienone is 2. The molecule has 0 heterocycles. The predicted octanol–water partition coefficient (Wildman–Crippen LogP) is 3.65. The molecule has 0 radical (unpaired) electrons. The Bertz CT molecular complexity index is 233. The number of carboxylic acid groups (broad SMARTS) is 1. The van der Waals surface area contributed by atoms with E-state index in [4.69, 9.17) is 5.11 Å². The van der Waals surface area contributed by atoms with Crippen LogP contribution in [0.2, 0.25) is 0 Å². The van der Waals surface area contributed by atoms with Crippen molar-refractivity contribution in [1.29, 1.82) is 0 Å². The van der Waals surface area contributed by atoms with Crippen LogP contribution in [0.15, 0.2) is 24.8 Å². The standard InChI is InChI=1S/C13H22O2/c1-5-6-7-8-9-10-11(12(14)15)13(2,3)4/h5,9-11H,1,6-8H2,2-4H3,(H,14,15)/b10-9+. The number of hydrogen-bond acceptors (Lipinski definition) is 1. The second kappa shape index (κ2) is 6.44. The quantitative estimate of drug-likeness (QED) is 0.536. The SMILES string of the molecule is C=CCCC/C=C/C(C(=O)O)C(C)(C)C. The summed E-state index contributed by atoms with van der Waals surface area (Å²) in [5, 5.41) is 9.04. The molecule has 2 heteroatoms. The molecule has 0 aliphatic rings. The largest absolute Gasteiger partial charge is 0.481 e. The topological polar surface area (TPSA) is 37.3 Å². The van der Waals surface area contributed by atoms with Crippen LogP contribution in [0, 0.1) is 11.3 Å². The van der Waals surface area contributed by atoms with Crippen molar-refractivity contribution in [3.63, 3.8) is 0 Å². The Morgan fingerprint density at radius 1 is 1.40 bits per heavy atom. The number of hydrogen-bond donors (Lipinski definition) is 1. The first-order chi connectivity index (χ1) is 6.89. The Labute approximate surface area is 92.7 Å². The molecule has 0 rings (SSSR count). The molecule has 0 bridgehead atoms. The highest BCUT2D eigenvalue weighted by molar-refractivity contribution is 5.73. The fraction of sp³-hybridized carbons (Fsp3) is 0.615. The molecule has 1 N–H and O–H groups in total. The average Bonchev–Trinajstić information content (AvgIpc) is 2.08. The lowest BCUT2D eigenvalue weighted by molar-refractivity contribution is -0.143. The molecule has 0 spiro atoms. The van der Waals surface area contributed by atoms with Gasteiger partial charge in [-0.3, -0.25) is 4.79 Å². The minimum Gasteiger partial charge on any atom is -0.481 e. The van der Waals surface area contributed by atoms with E-state index in [2.05, 4.69) is 6.58 Å². The molecule has 1 atom stereocenters. The fourth-order valence-electron chi connectivity index (χ4n) is 1.35. The Morgan fingerprint density at radius 3 is 2.40 bits per heavy atom. The van der Waals surface area contributed by atoms with E-state index in [1.54, 1.807) is 0 Å². The Kier molecular flexibility index (Phi) is 5.99. The molecule has 86 valence electrons. The van der Waals surface area contributed by atoms with Crippen molar-refractivity contribution in [3.8, 4) is 0 Å². The molecule has 0 aromatic carbocycles. The molecule has 1 unspecified atom stereocenters. The summed E-state index contributed by atoms with van der Waals surface area (Å²) in [7, 11) is 0. The van der Waals surface area contributed by atoms with E-state index in [1.807, 2.05) is 39.0 Å². The monoisotopic (exact) mass is 210 g/mol. The summed E-state index contributed by atoms with van der Waals surface area (Å²) in [6.07, 6.45) is 8.60. The van der Waals surface area contributed by atoms with Crippen LogP contribution < -0.4 is 0 Å². The van der Waals surface area contributed by atoms with Crippen molar-refractivity contribution in [1.82, 2.24) is 0 Å². The van der Waals surface area contributed by atoms with Crippen molar-refractivity contribution < 1.29 is 9.90 Å². The summed E-state index contributed by atoms with van der Waals surface area (Å²) in [4.78, 5) is 11.0. The van der Waals surface area contributed by atoms with Crippen molar-refractivity contribution >= 4 is 5.97 Å². The molecule has 0 aromatic heterocycles. The average molecular weight is 210 g/mol. The van der Waals surface area contributed by atoms with Gasteiger partial charge in [-0.05, 0) is 24.7 Å². The highest BCUT2D eigenvalue weighted by Gasteiger charge is 2.28. The number of rotatable bonds is 6. The van der Waals surface area contributed by atoms with Gasteiger partial charge in [0.1, 0.15) is 0 Å². The molecule has 0 amide bonds. The van der Waals surface area contributed by atoms with Gasteiger partial charge in [0.25, 0.3) is 0 Å². The van der Waals surface area contributed by atoms with E-state index in [0.717, 1.165) is 19.3 Å². The minimum atomic E-state index is -0.748. The van der Waals surface area contributed by atoms with Gasteiger partial charge >= 0.3 is 5.97 Å². The zero-order valence-corrected chi connectivity index (χ0v) is 9.99. The smallest absolute Gasteiger partial charge is 0.310 e. The summed E-state index contributed by atoms with van der Waals surface area (Å²) < 4.78 is 0. The van der Waals surface area contributed by atoms with Gasteiger partial charge in [-0.1, -0.05) is 39.0 Å². The first-order valence-corrected chi connectivity index (χ1v) is 5.40. The third-order valence-corrected chi connectivity index (χ3v) is 2.31. The van der Waals surface area contributed by atoms with Crippen LogP contribution in [0.5, 0.6) is 0 Å². The van der Waals surface area contributed by atoms with Gasteiger partial charge in [0.05, 0.1) is 5.92 Å². The van der Waals surface area contributed by atoms with Crippen LogP contribution in [-0.4, -0.2) is 11.1 Å². The number of carbonyl (C=O) groups is 1. The number of unbranched alkanes of at least 4 members (excludes halogenated alkanes) is 2. The number of aliphatic carboxylic acids is 1. The van der Waals surface area contributed by atoms with E-state index >= 15 is 0 Å². The molecule has 15 heavy (non-hydrogen) atoms. The maximum absolute atomic E-state index is 11.0. The van der Waals surface area contributed by atoms with Gasteiger partial charge in [0.2, 0.25) is 0 Å². The molecular formula is C13H22O2. The van der Waals surface area contributed by atoms with Crippen molar-refractivity contribution in [2.24, 2.45) is 11.3 Å². The molecule has 0 aromatic rings. The van der Waals surface area contributed by atoms with E-state index in [-0.39, 0.29) is 5.41 Å². The van der Waals surface area contributed by atoms with Gasteiger partial charge in [0.15, 0.2) is 0 Å². The highest BCUT2D eigenvalue weighted by atomic mass is 16.4. The van der Waals surface area contributed by atoms with E-state index in [1.165, 1.54) is 0 Å². The van der Waals surface area contributed by atoms with Crippen LogP contribution >= 0.6 is 0 Å². The summed E-state index contributed by atoms with van der Waals surface area (Å²) in [6.45, 7) is 9.48. The van der Waals surface area contributed by atoms with E-state index in [0.29, 0.717) is 0 Å². The minimum absolute atomic E-state index is 0.221. The summed E-state index contributed by atoms with van der Waals surface area (Å²) in [5.41, 5.74) is -0.221. The molecular weight excluding hydrogens is 188 g/mol. The Hall–Kier alpha value is -1.05. The van der Waals surface area contributed by atoms with Crippen molar-refractivity contribution in [2.45, 2.75) is 40.0 Å². The Morgan fingerprint density at radius 2 is 2.00 bits per heavy atom. The zero-order valence-electron chi connectivity index (χ0n) is 9.99. The summed E-state index contributed by atoms with van der Waals surface area (Å²) in [6, 6.07) is 0. The maximum Gasteiger partial charge on any atom is 0.310 e. The first-order valence-electron chi connectivity index (χ1n) is 5.40. The molecule has 2 nitrogen and oxygen atoms in total.